The Kier molecular flexibility index (Phi) is 28.0. The molecule has 1 fully saturated rings. The van der Waals surface area contributed by atoms with Crippen molar-refractivity contribution in [3.63, 3.8) is 0 Å². The van der Waals surface area contributed by atoms with Gasteiger partial charge >= 0.3 is 15.6 Å². The van der Waals surface area contributed by atoms with Crippen LogP contribution in [0, 0.1) is 0 Å². The molecule has 0 aromatic rings. The quantitative estimate of drug-likeness (QED) is 0.0161. The number of rotatable bonds is 33. The number of hydrogen-bond donors (Lipinski definition) is 5. The number of amidine groups is 2. The molecule has 0 aliphatic carbocycles. The van der Waals surface area contributed by atoms with Crippen LogP contribution in [0.3, 0.4) is 0 Å². The maximum absolute atomic E-state index is 11.8. The van der Waals surface area contributed by atoms with E-state index in [2.05, 4.69) is 14.5 Å². The Bertz CT molecular complexity index is 974. The predicted octanol–water partition coefficient (Wildman–Crippen LogP) is 3.17. The molecule has 1 aliphatic heterocycles. The van der Waals surface area contributed by atoms with Crippen LogP contribution in [0.15, 0.2) is 9.98 Å². The highest BCUT2D eigenvalue weighted by Gasteiger charge is 2.27. The first-order chi connectivity index (χ1) is 23.0. The van der Waals surface area contributed by atoms with Gasteiger partial charge in [-0.1, -0.05) is 34.4 Å². The molecule has 3 unspecified atom stereocenters. The Morgan fingerprint density at radius 3 is 1.85 bits per heavy atom. The van der Waals surface area contributed by atoms with Crippen LogP contribution in [-0.4, -0.2) is 130 Å². The third-order valence-electron chi connectivity index (χ3n) is 6.37. The van der Waals surface area contributed by atoms with Gasteiger partial charge in [-0.25, -0.2) is 9.13 Å². The average Bonchev–Trinajstić information content (AvgIpc) is 3.45. The number of hydrogen-bond acceptors (Lipinski definition) is 13. The lowest BCUT2D eigenvalue weighted by atomic mass is 9.97. The zero-order chi connectivity index (χ0) is 35.4. The zero-order valence-corrected chi connectivity index (χ0v) is 31.2. The van der Waals surface area contributed by atoms with Crippen molar-refractivity contribution in [2.45, 2.75) is 76.3 Å². The Hall–Kier alpha value is -0.235. The topological polar surface area (TPSA) is 236 Å². The van der Waals surface area contributed by atoms with Crippen molar-refractivity contribution in [2.75, 3.05) is 84.1 Å². The summed E-state index contributed by atoms with van der Waals surface area (Å²) in [6.45, 7) is 3.15. The molecule has 0 spiro atoms. The van der Waals surface area contributed by atoms with Crippen LogP contribution in [0.25, 0.3) is 0 Å². The van der Waals surface area contributed by atoms with Crippen LogP contribution in [0.4, 0.5) is 0 Å². The lowest BCUT2D eigenvalue weighted by molar-refractivity contribution is 0.00467. The van der Waals surface area contributed by atoms with Crippen molar-refractivity contribution in [1.29, 1.82) is 0 Å². The third-order valence-corrected chi connectivity index (χ3v) is 10.5. The summed E-state index contributed by atoms with van der Waals surface area (Å²) in [6, 6.07) is -0.358. The zero-order valence-electron chi connectivity index (χ0n) is 27.8. The molecule has 1 rings (SSSR count). The highest BCUT2D eigenvalue weighted by Crippen LogP contribution is 2.43. The van der Waals surface area contributed by atoms with Crippen molar-refractivity contribution in [1.82, 2.24) is 0 Å². The molecule has 1 aliphatic rings. The van der Waals surface area contributed by atoms with E-state index in [4.69, 9.17) is 57.1 Å². The van der Waals surface area contributed by atoms with E-state index in [0.29, 0.717) is 77.1 Å². The SMILES string of the molecule is [B]C1CCC(COP(=O)(O)OCCOCCOCCOCCN=C(N)CCCSSCCCC(N)=NCCCCCCOP(=O)(O)O)O1. The maximum atomic E-state index is 11.8. The van der Waals surface area contributed by atoms with Gasteiger partial charge in [0.2, 0.25) is 0 Å². The first-order valence-electron chi connectivity index (χ1n) is 16.2. The molecule has 0 bridgehead atoms. The summed E-state index contributed by atoms with van der Waals surface area (Å²) in [6.07, 6.45) is 7.72. The van der Waals surface area contributed by atoms with Crippen LogP contribution in [0.1, 0.15) is 64.2 Å². The van der Waals surface area contributed by atoms with Gasteiger partial charge in [-0.2, -0.15) is 0 Å². The van der Waals surface area contributed by atoms with E-state index in [1.807, 2.05) is 21.6 Å². The summed E-state index contributed by atoms with van der Waals surface area (Å²) in [5.74, 6) is 3.26. The molecule has 0 amide bonds. The second-order valence-corrected chi connectivity index (χ2v) is 16.0. The highest BCUT2D eigenvalue weighted by atomic mass is 33.1. The minimum atomic E-state index is -4.36. The molecular weight excluding hydrogens is 709 g/mol. The van der Waals surface area contributed by atoms with E-state index in [9.17, 15) is 14.0 Å². The van der Waals surface area contributed by atoms with Gasteiger partial charge in [0.1, 0.15) is 7.85 Å². The molecule has 280 valence electrons. The van der Waals surface area contributed by atoms with Gasteiger partial charge in [-0.3, -0.25) is 23.6 Å². The molecule has 0 aromatic carbocycles. The van der Waals surface area contributed by atoms with Crippen molar-refractivity contribution < 1.29 is 56.3 Å². The van der Waals surface area contributed by atoms with Gasteiger partial charge < -0.3 is 45.1 Å². The summed E-state index contributed by atoms with van der Waals surface area (Å²) >= 11 is 0. The fourth-order valence-corrected chi connectivity index (χ4v) is 7.23. The predicted molar refractivity (Wildman–Crippen MR) is 191 cm³/mol. The van der Waals surface area contributed by atoms with Crippen LogP contribution < -0.4 is 11.5 Å². The molecule has 21 heteroatoms. The fraction of sp³-hybridized carbons (Fsp3) is 0.926. The smallest absolute Gasteiger partial charge is 0.387 e. The lowest BCUT2D eigenvalue weighted by Crippen LogP contribution is -2.17. The Balaban J connectivity index is 1.82. The van der Waals surface area contributed by atoms with Gasteiger partial charge in [-0.15, -0.1) is 0 Å². The monoisotopic (exact) mass is 764 g/mol. The van der Waals surface area contributed by atoms with E-state index >= 15 is 0 Å². The number of aliphatic imine (C=N–C) groups is 2. The normalized spacial score (nSPS) is 18.8. The van der Waals surface area contributed by atoms with Crippen molar-refractivity contribution >= 4 is 56.8 Å². The van der Waals surface area contributed by atoms with Gasteiger partial charge in [0.15, 0.2) is 0 Å². The lowest BCUT2D eigenvalue weighted by Gasteiger charge is -2.15. The van der Waals surface area contributed by atoms with Crippen LogP contribution in [0.2, 0.25) is 0 Å². The molecule has 1 heterocycles. The van der Waals surface area contributed by atoms with E-state index < -0.39 is 15.6 Å². The van der Waals surface area contributed by atoms with Crippen LogP contribution >= 0.6 is 37.2 Å². The second-order valence-electron chi connectivity index (χ2n) is 10.6. The average molecular weight is 765 g/mol. The van der Waals surface area contributed by atoms with E-state index in [-0.39, 0.29) is 38.5 Å². The molecule has 48 heavy (non-hydrogen) atoms. The van der Waals surface area contributed by atoms with E-state index in [0.717, 1.165) is 56.5 Å². The number of nitrogens with zero attached hydrogens (tertiary/aromatic N) is 2. The first kappa shape index (κ1) is 45.8. The van der Waals surface area contributed by atoms with Crippen molar-refractivity contribution in [2.24, 2.45) is 21.5 Å². The largest absolute Gasteiger partial charge is 0.472 e. The minimum Gasteiger partial charge on any atom is -0.387 e. The summed E-state index contributed by atoms with van der Waals surface area (Å²) in [4.78, 5) is 35.6. The van der Waals surface area contributed by atoms with Crippen molar-refractivity contribution in [3.8, 4) is 0 Å². The van der Waals surface area contributed by atoms with Crippen molar-refractivity contribution in [3.05, 3.63) is 0 Å². The van der Waals surface area contributed by atoms with Crippen LogP contribution in [0.5, 0.6) is 0 Å². The maximum Gasteiger partial charge on any atom is 0.472 e. The van der Waals surface area contributed by atoms with Gasteiger partial charge in [0.25, 0.3) is 0 Å². The number of phosphoric ester groups is 2. The number of phosphoric acid groups is 2. The molecular formula is C27H55BN4O12P2S2. The number of ether oxygens (including phenoxy) is 4. The molecule has 16 nitrogen and oxygen atoms in total. The van der Waals surface area contributed by atoms with Gasteiger partial charge in [-0.05, 0) is 38.5 Å². The van der Waals surface area contributed by atoms with Gasteiger partial charge in [0.05, 0.1) is 83.8 Å². The standard InChI is InChI=1S/C27H55BN4O12P2S2/c28-25-10-9-24(44-25)23-43-46(36,37)42-20-19-40-18-17-39-16-15-38-14-12-32-27(30)8-6-22-48-47-21-5-7-26(29)31-11-3-1-2-4-13-41-45(33,34)35/h24-25H,1-23H2,(H2,29,31)(H2,30,32)(H,36,37)(H2,33,34,35). The molecule has 7 N–H and O–H groups in total. The summed E-state index contributed by atoms with van der Waals surface area (Å²) in [5.41, 5.74) is 12.0. The number of nitrogens with two attached hydrogens (primary N) is 2. The Morgan fingerprint density at radius 1 is 0.708 bits per heavy atom. The molecule has 2 radical (unpaired) electrons. The van der Waals surface area contributed by atoms with E-state index in [1.165, 1.54) is 0 Å². The Labute approximate surface area is 294 Å². The molecule has 1 saturated heterocycles. The molecule has 3 atom stereocenters. The highest BCUT2D eigenvalue weighted by molar-refractivity contribution is 8.76. The van der Waals surface area contributed by atoms with Gasteiger partial charge in [0, 0.05) is 36.9 Å². The number of unbranched alkanes of at least 4 members (excludes halogenated alkanes) is 3. The fourth-order valence-electron chi connectivity index (χ4n) is 3.95. The summed E-state index contributed by atoms with van der Waals surface area (Å²) in [7, 11) is 0.722. The summed E-state index contributed by atoms with van der Waals surface area (Å²) < 4.78 is 58.2. The summed E-state index contributed by atoms with van der Waals surface area (Å²) in [5, 5.41) is 0. The third kappa shape index (κ3) is 30.6. The minimum absolute atomic E-state index is 0.0493. The Morgan fingerprint density at radius 2 is 1.27 bits per heavy atom. The van der Waals surface area contributed by atoms with E-state index in [1.54, 1.807) is 0 Å². The molecule has 0 saturated carbocycles. The second kappa shape index (κ2) is 29.4. The van der Waals surface area contributed by atoms with Crippen LogP contribution in [-0.2, 0) is 41.6 Å². The molecule has 0 aromatic heterocycles. The first-order valence-corrected chi connectivity index (χ1v) is 21.8.